The molecule has 1 aliphatic heterocycles. The number of likely N-dealkylation sites (N-methyl/N-ethyl adjacent to an activating group) is 1. The number of carbonyl (C=O) groups is 2. The average Bonchev–Trinajstić information content (AvgIpc) is 3.27. The topological polar surface area (TPSA) is 61.4 Å². The van der Waals surface area contributed by atoms with Crippen molar-refractivity contribution in [2.75, 3.05) is 13.1 Å². The fourth-order valence-corrected chi connectivity index (χ4v) is 4.60. The molecule has 2 fully saturated rings. The zero-order valence-electron chi connectivity index (χ0n) is 16.9. The van der Waals surface area contributed by atoms with Crippen LogP contribution in [0.3, 0.4) is 0 Å². The Hall–Kier alpha value is -1.88. The van der Waals surface area contributed by atoms with E-state index in [1.165, 1.54) is 31.2 Å². The second kappa shape index (κ2) is 8.87. The number of hydrogen-bond acceptors (Lipinski definition) is 3. The minimum atomic E-state index is -0.112. The lowest BCUT2D eigenvalue weighted by atomic mass is 10.0. The molecule has 2 atom stereocenters. The molecule has 3 rings (SSSR count). The monoisotopic (exact) mass is 371 g/mol. The third kappa shape index (κ3) is 4.89. The number of likely N-dealkylation sites (tertiary alicyclic amines) is 1. The van der Waals surface area contributed by atoms with E-state index in [0.717, 1.165) is 17.7 Å². The van der Waals surface area contributed by atoms with Gasteiger partial charge in [0.1, 0.15) is 0 Å². The van der Waals surface area contributed by atoms with E-state index in [4.69, 9.17) is 0 Å². The minimum Gasteiger partial charge on any atom is -0.355 e. The zero-order chi connectivity index (χ0) is 19.4. The highest BCUT2D eigenvalue weighted by Crippen LogP contribution is 2.30. The van der Waals surface area contributed by atoms with Crippen molar-refractivity contribution in [3.05, 3.63) is 34.9 Å². The van der Waals surface area contributed by atoms with Crippen LogP contribution in [-0.4, -0.2) is 47.9 Å². The van der Waals surface area contributed by atoms with Crippen molar-refractivity contribution in [3.63, 3.8) is 0 Å². The van der Waals surface area contributed by atoms with Gasteiger partial charge < -0.3 is 10.6 Å². The van der Waals surface area contributed by atoms with Gasteiger partial charge in [-0.1, -0.05) is 36.6 Å². The molecule has 0 radical (unpaired) electrons. The van der Waals surface area contributed by atoms with Gasteiger partial charge in [0.25, 0.3) is 0 Å². The lowest BCUT2D eigenvalue weighted by molar-refractivity contribution is -0.126. The van der Waals surface area contributed by atoms with Crippen LogP contribution in [0.25, 0.3) is 0 Å². The summed E-state index contributed by atoms with van der Waals surface area (Å²) in [5.74, 6) is 0.160. The SMILES string of the molecule is CCNC(=O)[C@@H]1C[C@H](NC(=O)Cc2cc(C)ccc2C)CN1C1CCCC1. The van der Waals surface area contributed by atoms with Crippen LogP contribution in [0.2, 0.25) is 0 Å². The van der Waals surface area contributed by atoms with E-state index in [1.54, 1.807) is 0 Å². The van der Waals surface area contributed by atoms with Crippen LogP contribution >= 0.6 is 0 Å². The van der Waals surface area contributed by atoms with E-state index in [0.29, 0.717) is 25.4 Å². The van der Waals surface area contributed by atoms with Gasteiger partial charge in [-0.3, -0.25) is 14.5 Å². The molecule has 5 heteroatoms. The number of amides is 2. The predicted octanol–water partition coefficient (Wildman–Crippen LogP) is 2.48. The van der Waals surface area contributed by atoms with Crippen LogP contribution in [-0.2, 0) is 16.0 Å². The highest BCUT2D eigenvalue weighted by atomic mass is 16.2. The highest BCUT2D eigenvalue weighted by molar-refractivity contribution is 5.83. The summed E-state index contributed by atoms with van der Waals surface area (Å²) < 4.78 is 0. The molecule has 0 aromatic heterocycles. The first-order valence-corrected chi connectivity index (χ1v) is 10.4. The normalized spacial score (nSPS) is 23.5. The third-order valence-corrected chi connectivity index (χ3v) is 6.01. The number of benzene rings is 1. The summed E-state index contributed by atoms with van der Waals surface area (Å²) in [7, 11) is 0. The summed E-state index contributed by atoms with van der Waals surface area (Å²) in [4.78, 5) is 27.5. The van der Waals surface area contributed by atoms with Crippen molar-refractivity contribution in [3.8, 4) is 0 Å². The Morgan fingerprint density at radius 2 is 1.93 bits per heavy atom. The zero-order valence-corrected chi connectivity index (χ0v) is 16.9. The highest BCUT2D eigenvalue weighted by Gasteiger charge is 2.41. The molecule has 2 amide bonds. The standard InChI is InChI=1S/C22H33N3O2/c1-4-23-22(27)20-13-18(14-25(20)19-7-5-6-8-19)24-21(26)12-17-11-15(2)9-10-16(17)3/h9-11,18-20H,4-8,12-14H2,1-3H3,(H,23,27)(H,24,26)/t18-,20-/m0/s1. The van der Waals surface area contributed by atoms with Crippen LogP contribution in [0.15, 0.2) is 18.2 Å². The van der Waals surface area contributed by atoms with E-state index in [1.807, 2.05) is 20.8 Å². The lowest BCUT2D eigenvalue weighted by Crippen LogP contribution is -2.47. The summed E-state index contributed by atoms with van der Waals surface area (Å²) in [6.07, 6.45) is 5.93. The molecular weight excluding hydrogens is 338 g/mol. The molecule has 27 heavy (non-hydrogen) atoms. The number of hydrogen-bond donors (Lipinski definition) is 2. The first-order valence-electron chi connectivity index (χ1n) is 10.4. The van der Waals surface area contributed by atoms with Crippen LogP contribution < -0.4 is 10.6 Å². The molecule has 0 spiro atoms. The second-order valence-corrected chi connectivity index (χ2v) is 8.15. The van der Waals surface area contributed by atoms with Crippen LogP contribution in [0.5, 0.6) is 0 Å². The molecule has 0 bridgehead atoms. The van der Waals surface area contributed by atoms with Crippen molar-refractivity contribution in [2.24, 2.45) is 0 Å². The Balaban J connectivity index is 1.63. The minimum absolute atomic E-state index is 0.0517. The molecule has 2 aliphatic rings. The molecule has 148 valence electrons. The van der Waals surface area contributed by atoms with Crippen LogP contribution in [0.4, 0.5) is 0 Å². The maximum atomic E-state index is 12.6. The summed E-state index contributed by atoms with van der Waals surface area (Å²) in [5.41, 5.74) is 3.40. The van der Waals surface area contributed by atoms with E-state index < -0.39 is 0 Å². The van der Waals surface area contributed by atoms with E-state index >= 15 is 0 Å². The second-order valence-electron chi connectivity index (χ2n) is 8.15. The number of nitrogens with one attached hydrogen (secondary N) is 2. The summed E-state index contributed by atoms with van der Waals surface area (Å²) >= 11 is 0. The summed E-state index contributed by atoms with van der Waals surface area (Å²) in [5, 5.41) is 6.17. The van der Waals surface area contributed by atoms with Crippen LogP contribution in [0.1, 0.15) is 55.7 Å². The lowest BCUT2D eigenvalue weighted by Gasteiger charge is -2.29. The number of aryl methyl sites for hydroxylation is 2. The van der Waals surface area contributed by atoms with Crippen molar-refractivity contribution in [1.82, 2.24) is 15.5 Å². The van der Waals surface area contributed by atoms with Gasteiger partial charge in [0, 0.05) is 25.2 Å². The molecule has 1 aliphatic carbocycles. The Morgan fingerprint density at radius 3 is 2.63 bits per heavy atom. The third-order valence-electron chi connectivity index (χ3n) is 6.01. The molecular formula is C22H33N3O2. The maximum Gasteiger partial charge on any atom is 0.237 e. The first kappa shape index (κ1) is 19.9. The Bertz CT molecular complexity index is 682. The van der Waals surface area contributed by atoms with Gasteiger partial charge in [-0.05, 0) is 51.2 Å². The fourth-order valence-electron chi connectivity index (χ4n) is 4.60. The van der Waals surface area contributed by atoms with Crippen molar-refractivity contribution >= 4 is 11.8 Å². The quantitative estimate of drug-likeness (QED) is 0.808. The molecule has 5 nitrogen and oxygen atoms in total. The van der Waals surface area contributed by atoms with E-state index in [-0.39, 0.29) is 23.9 Å². The largest absolute Gasteiger partial charge is 0.355 e. The molecule has 1 saturated carbocycles. The Labute approximate surface area is 162 Å². The Kier molecular flexibility index (Phi) is 6.53. The summed E-state index contributed by atoms with van der Waals surface area (Å²) in [6.45, 7) is 7.48. The Morgan fingerprint density at radius 1 is 1.19 bits per heavy atom. The molecule has 1 saturated heterocycles. The van der Waals surface area contributed by atoms with E-state index in [9.17, 15) is 9.59 Å². The number of rotatable bonds is 6. The molecule has 2 N–H and O–H groups in total. The smallest absolute Gasteiger partial charge is 0.237 e. The van der Waals surface area contributed by atoms with Gasteiger partial charge in [0.05, 0.1) is 12.5 Å². The number of carbonyl (C=O) groups excluding carboxylic acids is 2. The van der Waals surface area contributed by atoms with Gasteiger partial charge in [-0.25, -0.2) is 0 Å². The van der Waals surface area contributed by atoms with Gasteiger partial charge >= 0.3 is 0 Å². The average molecular weight is 372 g/mol. The maximum absolute atomic E-state index is 12.6. The fraction of sp³-hybridized carbons (Fsp3) is 0.636. The van der Waals surface area contributed by atoms with Gasteiger partial charge in [0.2, 0.25) is 11.8 Å². The van der Waals surface area contributed by atoms with E-state index in [2.05, 4.69) is 33.7 Å². The van der Waals surface area contributed by atoms with Crippen LogP contribution in [0, 0.1) is 13.8 Å². The predicted molar refractivity (Wildman–Crippen MR) is 108 cm³/mol. The van der Waals surface area contributed by atoms with Crippen molar-refractivity contribution < 1.29 is 9.59 Å². The molecule has 1 aromatic carbocycles. The molecule has 1 aromatic rings. The van der Waals surface area contributed by atoms with Gasteiger partial charge in [-0.2, -0.15) is 0 Å². The molecule has 0 unspecified atom stereocenters. The van der Waals surface area contributed by atoms with Crippen molar-refractivity contribution in [1.29, 1.82) is 0 Å². The van der Waals surface area contributed by atoms with Gasteiger partial charge in [-0.15, -0.1) is 0 Å². The van der Waals surface area contributed by atoms with Gasteiger partial charge in [0.15, 0.2) is 0 Å². The first-order chi connectivity index (χ1) is 13.0. The summed E-state index contributed by atoms with van der Waals surface area (Å²) in [6, 6.07) is 6.66. The van der Waals surface area contributed by atoms with Crippen molar-refractivity contribution in [2.45, 2.75) is 77.4 Å². The molecule has 1 heterocycles. The number of nitrogens with zero attached hydrogens (tertiary/aromatic N) is 1.